The molecule has 0 aliphatic rings. The van der Waals surface area contributed by atoms with Gasteiger partial charge in [0.05, 0.1) is 4.90 Å². The van der Waals surface area contributed by atoms with Crippen LogP contribution >= 0.6 is 0 Å². The maximum Gasteiger partial charge on any atom is 0.259 e. The van der Waals surface area contributed by atoms with E-state index in [1.54, 1.807) is 12.1 Å². The number of hydrazine groups is 1. The lowest BCUT2D eigenvalue weighted by atomic mass is 10.2. The third-order valence-corrected chi connectivity index (χ3v) is 3.37. The summed E-state index contributed by atoms with van der Waals surface area (Å²) in [6.45, 7) is 3.11. The van der Waals surface area contributed by atoms with E-state index in [2.05, 4.69) is 0 Å². The Morgan fingerprint density at radius 1 is 1.11 bits per heavy atom. The Kier molecular flexibility index (Phi) is 4.96. The van der Waals surface area contributed by atoms with Crippen LogP contribution < -0.4 is 10.3 Å². The highest BCUT2D eigenvalue weighted by Crippen LogP contribution is 2.08. The molecule has 0 atom stereocenters. The molecule has 1 aromatic carbocycles. The van der Waals surface area contributed by atoms with Crippen LogP contribution in [0.25, 0.3) is 0 Å². The van der Waals surface area contributed by atoms with Gasteiger partial charge in [-0.05, 0) is 32.1 Å². The number of ketones is 1. The number of rotatable bonds is 5. The number of carbonyl (C=O) groups excluding carboxylic acids is 2. The summed E-state index contributed by atoms with van der Waals surface area (Å²) in [5.41, 5.74) is 2.90. The fourth-order valence-corrected chi connectivity index (χ4v) is 1.98. The monoisotopic (exact) mass is 282 g/mol. The zero-order chi connectivity index (χ0) is 14.5. The molecule has 2 N–H and O–H groups in total. The fourth-order valence-electron chi connectivity index (χ4n) is 1.13. The van der Waals surface area contributed by atoms with Crippen LogP contribution in [0.3, 0.4) is 0 Å². The molecular formula is C12H14N2O4S. The molecule has 1 rings (SSSR count). The zero-order valence-electron chi connectivity index (χ0n) is 10.5. The predicted octanol–water partition coefficient (Wildman–Crippen LogP) is 0.450. The molecule has 1 amide bonds. The second-order valence-corrected chi connectivity index (χ2v) is 5.53. The number of carbonyl (C=O) groups is 2. The Balaban J connectivity index is 2.68. The summed E-state index contributed by atoms with van der Waals surface area (Å²) >= 11 is 0. The standard InChI is InChI=1S/C12H14N2O4S/c1-9-3-6-11(7-4-9)19(17,18)14-13-12(16)8-5-10(2)15/h3-8,14H,1-2H3,(H,13,16)/b8-5-. The van der Waals surface area contributed by atoms with E-state index >= 15 is 0 Å². The number of amides is 1. The van der Waals surface area contributed by atoms with Crippen LogP contribution in [-0.4, -0.2) is 20.1 Å². The van der Waals surface area contributed by atoms with Gasteiger partial charge < -0.3 is 0 Å². The first-order chi connectivity index (χ1) is 8.81. The Labute approximate surface area is 111 Å². The number of sulfonamides is 1. The Morgan fingerprint density at radius 3 is 2.21 bits per heavy atom. The van der Waals surface area contributed by atoms with Crippen LogP contribution in [0.4, 0.5) is 0 Å². The predicted molar refractivity (Wildman–Crippen MR) is 69.5 cm³/mol. The molecule has 0 radical (unpaired) electrons. The summed E-state index contributed by atoms with van der Waals surface area (Å²) in [6, 6.07) is 6.14. The maximum absolute atomic E-state index is 11.8. The summed E-state index contributed by atoms with van der Waals surface area (Å²) in [5.74, 6) is -1.04. The van der Waals surface area contributed by atoms with Crippen LogP contribution in [0.1, 0.15) is 12.5 Å². The highest BCUT2D eigenvalue weighted by molar-refractivity contribution is 7.89. The van der Waals surface area contributed by atoms with E-state index in [1.807, 2.05) is 17.2 Å². The molecule has 0 aliphatic carbocycles. The molecule has 0 fully saturated rings. The van der Waals surface area contributed by atoms with Gasteiger partial charge in [0.1, 0.15) is 0 Å². The minimum Gasteiger partial charge on any atom is -0.295 e. The van der Waals surface area contributed by atoms with Crippen molar-refractivity contribution in [2.45, 2.75) is 18.7 Å². The average molecular weight is 282 g/mol. The SMILES string of the molecule is CC(=O)/C=C\C(=O)NNS(=O)(=O)c1ccc(C)cc1. The molecule has 0 aliphatic heterocycles. The minimum absolute atomic E-state index is 0.0361. The largest absolute Gasteiger partial charge is 0.295 e. The van der Waals surface area contributed by atoms with Gasteiger partial charge in [0.25, 0.3) is 15.9 Å². The number of aryl methyl sites for hydroxylation is 1. The Morgan fingerprint density at radius 2 is 1.68 bits per heavy atom. The van der Waals surface area contributed by atoms with E-state index in [4.69, 9.17) is 0 Å². The number of hydrogen-bond donors (Lipinski definition) is 2. The second kappa shape index (κ2) is 6.26. The van der Waals surface area contributed by atoms with Gasteiger partial charge in [-0.3, -0.25) is 15.0 Å². The smallest absolute Gasteiger partial charge is 0.259 e. The quantitative estimate of drug-likeness (QED) is 0.606. The first kappa shape index (κ1) is 15.1. The van der Waals surface area contributed by atoms with Crippen molar-refractivity contribution in [2.24, 2.45) is 0 Å². The lowest BCUT2D eigenvalue weighted by Gasteiger charge is -2.06. The molecule has 19 heavy (non-hydrogen) atoms. The topological polar surface area (TPSA) is 92.3 Å². The lowest BCUT2D eigenvalue weighted by molar-refractivity contribution is -0.117. The molecule has 7 heteroatoms. The molecule has 6 nitrogen and oxygen atoms in total. The van der Waals surface area contributed by atoms with Gasteiger partial charge in [0, 0.05) is 6.08 Å². The summed E-state index contributed by atoms with van der Waals surface area (Å²) in [5, 5.41) is 0. The summed E-state index contributed by atoms with van der Waals surface area (Å²) in [6.07, 6.45) is 1.98. The number of nitrogens with one attached hydrogen (secondary N) is 2. The molecule has 0 unspecified atom stereocenters. The number of benzene rings is 1. The van der Waals surface area contributed by atoms with Gasteiger partial charge in [-0.1, -0.05) is 17.7 Å². The van der Waals surface area contributed by atoms with Crippen molar-refractivity contribution in [3.63, 3.8) is 0 Å². The highest BCUT2D eigenvalue weighted by atomic mass is 32.2. The number of allylic oxidation sites excluding steroid dienone is 1. The van der Waals surface area contributed by atoms with E-state index in [1.165, 1.54) is 19.1 Å². The fraction of sp³-hybridized carbons (Fsp3) is 0.167. The van der Waals surface area contributed by atoms with E-state index in [-0.39, 0.29) is 10.7 Å². The normalized spacial score (nSPS) is 11.5. The van der Waals surface area contributed by atoms with Crippen molar-refractivity contribution in [1.29, 1.82) is 0 Å². The molecule has 0 bridgehead atoms. The molecule has 0 saturated heterocycles. The molecule has 1 aromatic rings. The van der Waals surface area contributed by atoms with E-state index in [9.17, 15) is 18.0 Å². The van der Waals surface area contributed by atoms with E-state index in [0.717, 1.165) is 17.7 Å². The molecule has 102 valence electrons. The van der Waals surface area contributed by atoms with Crippen LogP contribution in [0.5, 0.6) is 0 Å². The summed E-state index contributed by atoms with van der Waals surface area (Å²) < 4.78 is 23.5. The van der Waals surface area contributed by atoms with Crippen molar-refractivity contribution < 1.29 is 18.0 Å². The summed E-state index contributed by atoms with van der Waals surface area (Å²) in [4.78, 5) is 23.8. The van der Waals surface area contributed by atoms with Crippen LogP contribution in [0, 0.1) is 6.92 Å². The average Bonchev–Trinajstić information content (AvgIpc) is 2.34. The van der Waals surface area contributed by atoms with Crippen molar-refractivity contribution in [3.8, 4) is 0 Å². The van der Waals surface area contributed by atoms with Gasteiger partial charge >= 0.3 is 0 Å². The zero-order valence-corrected chi connectivity index (χ0v) is 11.3. The second-order valence-electron chi connectivity index (χ2n) is 3.85. The molecule has 0 saturated carbocycles. The van der Waals surface area contributed by atoms with Gasteiger partial charge in [-0.15, -0.1) is 4.83 Å². The molecule has 0 spiro atoms. The molecule has 0 aromatic heterocycles. The maximum atomic E-state index is 11.8. The van der Waals surface area contributed by atoms with Gasteiger partial charge in [0.15, 0.2) is 5.78 Å². The van der Waals surface area contributed by atoms with Crippen molar-refractivity contribution in [3.05, 3.63) is 42.0 Å². The first-order valence-corrected chi connectivity index (χ1v) is 6.87. The van der Waals surface area contributed by atoms with Crippen molar-refractivity contribution in [1.82, 2.24) is 10.3 Å². The first-order valence-electron chi connectivity index (χ1n) is 5.38. The van der Waals surface area contributed by atoms with Crippen LogP contribution in [-0.2, 0) is 19.6 Å². The number of hydrogen-bond acceptors (Lipinski definition) is 4. The van der Waals surface area contributed by atoms with Crippen LogP contribution in [0.15, 0.2) is 41.3 Å². The van der Waals surface area contributed by atoms with Crippen LogP contribution in [0.2, 0.25) is 0 Å². The Hall–Kier alpha value is -1.99. The molecular weight excluding hydrogens is 268 g/mol. The third kappa shape index (κ3) is 5.02. The highest BCUT2D eigenvalue weighted by Gasteiger charge is 2.13. The van der Waals surface area contributed by atoms with Crippen molar-refractivity contribution in [2.75, 3.05) is 0 Å². The summed E-state index contributed by atoms with van der Waals surface area (Å²) in [7, 11) is -3.81. The van der Waals surface area contributed by atoms with Gasteiger partial charge in [-0.2, -0.15) is 0 Å². The van der Waals surface area contributed by atoms with Gasteiger partial charge in [-0.25, -0.2) is 8.42 Å². The third-order valence-electron chi connectivity index (χ3n) is 2.11. The lowest BCUT2D eigenvalue weighted by Crippen LogP contribution is -2.40. The van der Waals surface area contributed by atoms with E-state index < -0.39 is 15.9 Å². The minimum atomic E-state index is -3.81. The Bertz CT molecular complexity index is 603. The van der Waals surface area contributed by atoms with E-state index in [0.29, 0.717) is 0 Å². The molecule has 0 heterocycles. The van der Waals surface area contributed by atoms with Gasteiger partial charge in [0.2, 0.25) is 0 Å². The van der Waals surface area contributed by atoms with Crippen molar-refractivity contribution >= 4 is 21.7 Å².